The van der Waals surface area contributed by atoms with Gasteiger partial charge in [0.1, 0.15) is 17.4 Å². The van der Waals surface area contributed by atoms with Gasteiger partial charge in [-0.1, -0.05) is 0 Å². The van der Waals surface area contributed by atoms with Gasteiger partial charge in [0.05, 0.1) is 11.4 Å². The molecule has 2 aliphatic heterocycles. The van der Waals surface area contributed by atoms with Crippen LogP contribution in [0.1, 0.15) is 0 Å². The van der Waals surface area contributed by atoms with Crippen molar-refractivity contribution in [3.05, 3.63) is 22.8 Å². The molecule has 3 rings (SSSR count). The Labute approximate surface area is 93.7 Å². The molecule has 0 saturated carbocycles. The maximum Gasteiger partial charge on any atom is 0.131 e. The SMILES string of the molecule is Nc1ccc(N2CCNCC2)c2c1=NCN=2. The number of benzene rings is 1. The van der Waals surface area contributed by atoms with Gasteiger partial charge in [-0.2, -0.15) is 0 Å². The summed E-state index contributed by atoms with van der Waals surface area (Å²) in [4.78, 5) is 11.1. The lowest BCUT2D eigenvalue weighted by molar-refractivity contribution is 0.588. The Kier molecular flexibility index (Phi) is 2.25. The van der Waals surface area contributed by atoms with E-state index in [0.29, 0.717) is 6.67 Å². The predicted molar refractivity (Wildman–Crippen MR) is 63.1 cm³/mol. The zero-order valence-corrected chi connectivity index (χ0v) is 9.11. The number of nitrogens with one attached hydrogen (secondary N) is 1. The van der Waals surface area contributed by atoms with Crippen LogP contribution >= 0.6 is 0 Å². The molecule has 2 aliphatic rings. The third-order valence-corrected chi connectivity index (χ3v) is 3.08. The molecule has 3 N–H and O–H groups in total. The maximum atomic E-state index is 5.89. The fourth-order valence-corrected chi connectivity index (χ4v) is 2.24. The second-order valence-electron chi connectivity index (χ2n) is 4.07. The van der Waals surface area contributed by atoms with Crippen LogP contribution in [0, 0.1) is 0 Å². The average Bonchev–Trinajstić information content (AvgIpc) is 2.81. The number of nitrogens with zero attached hydrogens (tertiary/aromatic N) is 3. The normalized spacial score (nSPS) is 18.9. The van der Waals surface area contributed by atoms with Gasteiger partial charge in [0.25, 0.3) is 0 Å². The molecule has 0 aliphatic carbocycles. The lowest BCUT2D eigenvalue weighted by Gasteiger charge is -2.29. The first kappa shape index (κ1) is 9.59. The van der Waals surface area contributed by atoms with Crippen LogP contribution in [-0.2, 0) is 0 Å². The standard InChI is InChI=1S/C11H15N5/c12-8-1-2-9(11-10(8)14-7-15-11)16-5-3-13-4-6-16/h1-2,13H,3-7,12H2. The number of hydrogen-bond donors (Lipinski definition) is 2. The zero-order chi connectivity index (χ0) is 11.0. The molecule has 0 bridgehead atoms. The second kappa shape index (κ2) is 3.75. The summed E-state index contributed by atoms with van der Waals surface area (Å²) in [5, 5.41) is 5.19. The highest BCUT2D eigenvalue weighted by Gasteiger charge is 2.15. The zero-order valence-electron chi connectivity index (χ0n) is 9.11. The fourth-order valence-electron chi connectivity index (χ4n) is 2.24. The van der Waals surface area contributed by atoms with Gasteiger partial charge in [0.2, 0.25) is 0 Å². The van der Waals surface area contributed by atoms with Gasteiger partial charge < -0.3 is 16.0 Å². The van der Waals surface area contributed by atoms with E-state index in [2.05, 4.69) is 26.3 Å². The van der Waals surface area contributed by atoms with E-state index in [-0.39, 0.29) is 0 Å². The minimum Gasteiger partial charge on any atom is -0.397 e. The van der Waals surface area contributed by atoms with E-state index in [9.17, 15) is 0 Å². The Morgan fingerprint density at radius 3 is 2.69 bits per heavy atom. The number of piperazine rings is 1. The average molecular weight is 217 g/mol. The maximum absolute atomic E-state index is 5.89. The lowest BCUT2D eigenvalue weighted by Crippen LogP contribution is -2.46. The van der Waals surface area contributed by atoms with Crippen LogP contribution in [0.5, 0.6) is 0 Å². The van der Waals surface area contributed by atoms with Crippen molar-refractivity contribution in [1.29, 1.82) is 0 Å². The van der Waals surface area contributed by atoms with Crippen LogP contribution < -0.4 is 26.7 Å². The summed E-state index contributed by atoms with van der Waals surface area (Å²) in [5.41, 5.74) is 7.79. The largest absolute Gasteiger partial charge is 0.397 e. The first-order valence-electron chi connectivity index (χ1n) is 5.59. The third-order valence-electron chi connectivity index (χ3n) is 3.08. The molecule has 2 heterocycles. The molecule has 1 fully saturated rings. The van der Waals surface area contributed by atoms with Crippen molar-refractivity contribution < 1.29 is 0 Å². The van der Waals surface area contributed by atoms with Crippen LogP contribution in [0.3, 0.4) is 0 Å². The molecule has 0 radical (unpaired) electrons. The monoisotopic (exact) mass is 217 g/mol. The van der Waals surface area contributed by atoms with Gasteiger partial charge in [-0.15, -0.1) is 0 Å². The van der Waals surface area contributed by atoms with Gasteiger partial charge >= 0.3 is 0 Å². The smallest absolute Gasteiger partial charge is 0.131 e. The molecular weight excluding hydrogens is 202 g/mol. The van der Waals surface area contributed by atoms with Crippen molar-refractivity contribution in [2.45, 2.75) is 0 Å². The van der Waals surface area contributed by atoms with Gasteiger partial charge in [-0.3, -0.25) is 9.98 Å². The van der Waals surface area contributed by atoms with Crippen molar-refractivity contribution in [2.24, 2.45) is 9.98 Å². The van der Waals surface area contributed by atoms with E-state index in [1.807, 2.05) is 6.07 Å². The summed E-state index contributed by atoms with van der Waals surface area (Å²) in [6, 6.07) is 3.99. The summed E-state index contributed by atoms with van der Waals surface area (Å²) in [5.74, 6) is 0. The van der Waals surface area contributed by atoms with Crippen molar-refractivity contribution in [2.75, 3.05) is 43.5 Å². The Balaban J connectivity index is 2.09. The Bertz CT molecular complexity index is 516. The van der Waals surface area contributed by atoms with Crippen molar-refractivity contribution in [3.8, 4) is 0 Å². The second-order valence-corrected chi connectivity index (χ2v) is 4.07. The summed E-state index contributed by atoms with van der Waals surface area (Å²) in [6.07, 6.45) is 0. The molecule has 1 saturated heterocycles. The van der Waals surface area contributed by atoms with E-state index in [1.54, 1.807) is 0 Å². The molecule has 5 heteroatoms. The van der Waals surface area contributed by atoms with Crippen molar-refractivity contribution >= 4 is 11.4 Å². The number of anilines is 2. The van der Waals surface area contributed by atoms with Crippen molar-refractivity contribution in [1.82, 2.24) is 5.32 Å². The third kappa shape index (κ3) is 1.44. The molecule has 0 atom stereocenters. The van der Waals surface area contributed by atoms with E-state index in [0.717, 1.165) is 42.6 Å². The first-order valence-corrected chi connectivity index (χ1v) is 5.59. The number of nitrogens with two attached hydrogens (primary N) is 1. The highest BCUT2D eigenvalue weighted by molar-refractivity contribution is 5.53. The topological polar surface area (TPSA) is 66.0 Å². The lowest BCUT2D eigenvalue weighted by atomic mass is 10.2. The van der Waals surface area contributed by atoms with Crippen LogP contribution in [0.15, 0.2) is 22.1 Å². The summed E-state index contributed by atoms with van der Waals surface area (Å²) < 4.78 is 0. The van der Waals surface area contributed by atoms with Crippen LogP contribution in [0.4, 0.5) is 11.4 Å². The molecule has 5 nitrogen and oxygen atoms in total. The molecule has 0 unspecified atom stereocenters. The first-order chi connectivity index (χ1) is 7.86. The predicted octanol–water partition coefficient (Wildman–Crippen LogP) is -1.11. The minimum atomic E-state index is 0.517. The summed E-state index contributed by atoms with van der Waals surface area (Å²) >= 11 is 0. The quantitative estimate of drug-likeness (QED) is 0.586. The van der Waals surface area contributed by atoms with Gasteiger partial charge in [0, 0.05) is 26.2 Å². The number of nitrogen functional groups attached to an aromatic ring is 1. The van der Waals surface area contributed by atoms with Gasteiger partial charge in [-0.05, 0) is 12.1 Å². The Morgan fingerprint density at radius 2 is 1.88 bits per heavy atom. The number of hydrogen-bond acceptors (Lipinski definition) is 5. The molecule has 1 aromatic rings. The van der Waals surface area contributed by atoms with Crippen LogP contribution in [-0.4, -0.2) is 32.8 Å². The molecule has 0 aromatic heterocycles. The van der Waals surface area contributed by atoms with E-state index >= 15 is 0 Å². The van der Waals surface area contributed by atoms with Gasteiger partial charge in [-0.25, -0.2) is 0 Å². The Morgan fingerprint density at radius 1 is 1.12 bits per heavy atom. The van der Waals surface area contributed by atoms with E-state index in [4.69, 9.17) is 5.73 Å². The molecule has 1 aromatic carbocycles. The van der Waals surface area contributed by atoms with E-state index < -0.39 is 0 Å². The van der Waals surface area contributed by atoms with Crippen LogP contribution in [0.2, 0.25) is 0 Å². The molecular formula is C11H15N5. The highest BCUT2D eigenvalue weighted by atomic mass is 15.2. The van der Waals surface area contributed by atoms with Gasteiger partial charge in [0.15, 0.2) is 0 Å². The highest BCUT2D eigenvalue weighted by Crippen LogP contribution is 2.10. The number of rotatable bonds is 1. The Hall–Kier alpha value is -1.62. The summed E-state index contributed by atoms with van der Waals surface area (Å²) in [6.45, 7) is 4.60. The summed E-state index contributed by atoms with van der Waals surface area (Å²) in [7, 11) is 0. The fraction of sp³-hybridized carbons (Fsp3) is 0.455. The molecule has 0 spiro atoms. The molecule has 16 heavy (non-hydrogen) atoms. The van der Waals surface area contributed by atoms with Crippen LogP contribution in [0.25, 0.3) is 0 Å². The molecule has 84 valence electrons. The molecule has 0 amide bonds. The van der Waals surface area contributed by atoms with E-state index in [1.165, 1.54) is 5.69 Å². The minimum absolute atomic E-state index is 0.517. The van der Waals surface area contributed by atoms with Crippen molar-refractivity contribution in [3.63, 3.8) is 0 Å². The number of fused-ring (bicyclic) bond motifs is 1.